The topological polar surface area (TPSA) is 56.6 Å². The van der Waals surface area contributed by atoms with Gasteiger partial charge in [0, 0.05) is 18.7 Å². The Bertz CT molecular complexity index is 496. The van der Waals surface area contributed by atoms with Crippen molar-refractivity contribution in [3.8, 4) is 0 Å². The Kier molecular flexibility index (Phi) is 4.26. The third kappa shape index (κ3) is 2.96. The van der Waals surface area contributed by atoms with Gasteiger partial charge in [0.25, 0.3) is 5.91 Å². The highest BCUT2D eigenvalue weighted by molar-refractivity contribution is 5.94. The first-order chi connectivity index (χ1) is 10.2. The van der Waals surface area contributed by atoms with E-state index < -0.39 is 0 Å². The average molecular weight is 293 g/mol. The van der Waals surface area contributed by atoms with E-state index in [1.807, 2.05) is 15.6 Å². The maximum Gasteiger partial charge on any atom is 0.254 e. The summed E-state index contributed by atoms with van der Waals surface area (Å²) < 4.78 is 13.0. The number of carbonyl (C=O) groups is 1. The highest BCUT2D eigenvalue weighted by atomic mass is 16.5. The van der Waals surface area contributed by atoms with Crippen molar-refractivity contribution in [1.82, 2.24) is 9.78 Å². The summed E-state index contributed by atoms with van der Waals surface area (Å²) in [5.74, 6) is 0.862. The van der Waals surface area contributed by atoms with E-state index in [-0.39, 0.29) is 24.7 Å². The number of nitrogens with zero attached hydrogens (tertiary/aromatic N) is 3. The van der Waals surface area contributed by atoms with Crippen molar-refractivity contribution in [3.05, 3.63) is 12.3 Å². The standard InChI is InChI=1S/C15H23N3O3/c1-11-8-12(2)18-14(5-6-16-18)17(11)15(19)10-20-9-13-4-3-7-21-13/h5-6,11-13H,3-4,7-10H2,1-2H3/t11-,12+,13-/m1/s1. The van der Waals surface area contributed by atoms with E-state index in [2.05, 4.69) is 18.9 Å². The Morgan fingerprint density at radius 1 is 1.48 bits per heavy atom. The average Bonchev–Trinajstić information content (AvgIpc) is 3.09. The van der Waals surface area contributed by atoms with Crippen molar-refractivity contribution in [2.45, 2.75) is 51.3 Å². The maximum atomic E-state index is 12.5. The molecule has 1 aromatic rings. The summed E-state index contributed by atoms with van der Waals surface area (Å²) >= 11 is 0. The van der Waals surface area contributed by atoms with E-state index in [4.69, 9.17) is 9.47 Å². The third-order valence-electron chi connectivity index (χ3n) is 4.26. The van der Waals surface area contributed by atoms with Gasteiger partial charge < -0.3 is 9.47 Å². The number of ether oxygens (including phenoxy) is 2. The molecule has 0 aromatic carbocycles. The second-order valence-corrected chi connectivity index (χ2v) is 5.98. The van der Waals surface area contributed by atoms with Crippen LogP contribution in [0.3, 0.4) is 0 Å². The van der Waals surface area contributed by atoms with Crippen LogP contribution in [-0.2, 0) is 14.3 Å². The molecule has 3 heterocycles. The van der Waals surface area contributed by atoms with Gasteiger partial charge in [0.2, 0.25) is 0 Å². The number of amides is 1. The summed E-state index contributed by atoms with van der Waals surface area (Å²) in [7, 11) is 0. The van der Waals surface area contributed by atoms with Gasteiger partial charge >= 0.3 is 0 Å². The Morgan fingerprint density at radius 2 is 2.33 bits per heavy atom. The van der Waals surface area contributed by atoms with E-state index in [1.54, 1.807) is 6.20 Å². The van der Waals surface area contributed by atoms with Crippen molar-refractivity contribution in [3.63, 3.8) is 0 Å². The lowest BCUT2D eigenvalue weighted by Crippen LogP contribution is -2.46. The Morgan fingerprint density at radius 3 is 3.10 bits per heavy atom. The molecule has 1 saturated heterocycles. The molecule has 6 nitrogen and oxygen atoms in total. The molecule has 116 valence electrons. The second kappa shape index (κ2) is 6.15. The number of fused-ring (bicyclic) bond motifs is 1. The summed E-state index contributed by atoms with van der Waals surface area (Å²) in [6.45, 7) is 5.61. The molecule has 21 heavy (non-hydrogen) atoms. The Labute approximate surface area is 125 Å². The quantitative estimate of drug-likeness (QED) is 0.849. The van der Waals surface area contributed by atoms with E-state index in [0.717, 1.165) is 31.7 Å². The molecular weight excluding hydrogens is 270 g/mol. The van der Waals surface area contributed by atoms with E-state index in [9.17, 15) is 4.79 Å². The molecular formula is C15H23N3O3. The van der Waals surface area contributed by atoms with Gasteiger partial charge in [-0.1, -0.05) is 0 Å². The fourth-order valence-electron chi connectivity index (χ4n) is 3.26. The third-order valence-corrected chi connectivity index (χ3v) is 4.26. The van der Waals surface area contributed by atoms with Crippen LogP contribution in [-0.4, -0.2) is 47.7 Å². The first kappa shape index (κ1) is 14.5. The first-order valence-electron chi connectivity index (χ1n) is 7.71. The molecule has 6 heteroatoms. The molecule has 3 atom stereocenters. The molecule has 0 saturated carbocycles. The van der Waals surface area contributed by atoms with Crippen LogP contribution >= 0.6 is 0 Å². The van der Waals surface area contributed by atoms with Gasteiger partial charge in [-0.05, 0) is 33.1 Å². The summed E-state index contributed by atoms with van der Waals surface area (Å²) in [6.07, 6.45) is 4.92. The minimum absolute atomic E-state index is 0.00542. The van der Waals surface area contributed by atoms with Gasteiger partial charge in [0.1, 0.15) is 12.4 Å². The Balaban J connectivity index is 1.60. The largest absolute Gasteiger partial charge is 0.376 e. The van der Waals surface area contributed by atoms with Gasteiger partial charge in [0.15, 0.2) is 0 Å². The fraction of sp³-hybridized carbons (Fsp3) is 0.733. The highest BCUT2D eigenvalue weighted by Gasteiger charge is 2.32. The predicted octanol–water partition coefficient (Wildman–Crippen LogP) is 1.76. The lowest BCUT2D eigenvalue weighted by molar-refractivity contribution is -0.125. The normalized spacial score (nSPS) is 28.7. The van der Waals surface area contributed by atoms with Crippen molar-refractivity contribution in [2.75, 3.05) is 24.7 Å². The summed E-state index contributed by atoms with van der Waals surface area (Å²) in [5.41, 5.74) is 0. The molecule has 3 rings (SSSR count). The van der Waals surface area contributed by atoms with Crippen LogP contribution in [0.5, 0.6) is 0 Å². The van der Waals surface area contributed by atoms with E-state index >= 15 is 0 Å². The number of hydrogen-bond acceptors (Lipinski definition) is 4. The SMILES string of the molecule is C[C@@H]1C[C@H](C)n2nccc2N1C(=O)COC[C@H]1CCCO1. The Hall–Kier alpha value is -1.40. The predicted molar refractivity (Wildman–Crippen MR) is 78.3 cm³/mol. The van der Waals surface area contributed by atoms with Crippen LogP contribution in [0, 0.1) is 0 Å². The van der Waals surface area contributed by atoms with Crippen molar-refractivity contribution >= 4 is 11.7 Å². The number of aromatic nitrogens is 2. The van der Waals surface area contributed by atoms with Crippen molar-refractivity contribution in [1.29, 1.82) is 0 Å². The van der Waals surface area contributed by atoms with Gasteiger partial charge in [-0.2, -0.15) is 5.10 Å². The molecule has 1 aromatic heterocycles. The summed E-state index contributed by atoms with van der Waals surface area (Å²) in [6, 6.07) is 2.38. The number of rotatable bonds is 4. The van der Waals surface area contributed by atoms with Crippen LogP contribution in [0.4, 0.5) is 5.82 Å². The summed E-state index contributed by atoms with van der Waals surface area (Å²) in [4.78, 5) is 14.3. The zero-order valence-electron chi connectivity index (χ0n) is 12.7. The van der Waals surface area contributed by atoms with Crippen LogP contribution in [0.15, 0.2) is 12.3 Å². The number of anilines is 1. The molecule has 0 N–H and O–H groups in total. The minimum Gasteiger partial charge on any atom is -0.376 e. The first-order valence-corrected chi connectivity index (χ1v) is 7.71. The van der Waals surface area contributed by atoms with E-state index in [1.165, 1.54) is 0 Å². The summed E-state index contributed by atoms with van der Waals surface area (Å²) in [5, 5.41) is 4.31. The zero-order chi connectivity index (χ0) is 14.8. The smallest absolute Gasteiger partial charge is 0.254 e. The van der Waals surface area contributed by atoms with Crippen LogP contribution in [0.25, 0.3) is 0 Å². The molecule has 0 bridgehead atoms. The fourth-order valence-corrected chi connectivity index (χ4v) is 3.26. The number of hydrogen-bond donors (Lipinski definition) is 0. The van der Waals surface area contributed by atoms with Crippen LogP contribution < -0.4 is 4.90 Å². The monoisotopic (exact) mass is 293 g/mol. The maximum absolute atomic E-state index is 12.5. The highest BCUT2D eigenvalue weighted by Crippen LogP contribution is 2.31. The number of carbonyl (C=O) groups excluding carboxylic acids is 1. The lowest BCUT2D eigenvalue weighted by Gasteiger charge is -2.36. The van der Waals surface area contributed by atoms with Crippen LogP contribution in [0.2, 0.25) is 0 Å². The molecule has 0 spiro atoms. The molecule has 1 fully saturated rings. The lowest BCUT2D eigenvalue weighted by atomic mass is 10.1. The van der Waals surface area contributed by atoms with Gasteiger partial charge in [0.05, 0.1) is 24.9 Å². The van der Waals surface area contributed by atoms with Crippen LogP contribution in [0.1, 0.15) is 39.2 Å². The van der Waals surface area contributed by atoms with E-state index in [0.29, 0.717) is 12.6 Å². The van der Waals surface area contributed by atoms with Gasteiger partial charge in [-0.15, -0.1) is 0 Å². The van der Waals surface area contributed by atoms with Crippen molar-refractivity contribution < 1.29 is 14.3 Å². The molecule has 0 unspecified atom stereocenters. The molecule has 1 amide bonds. The van der Waals surface area contributed by atoms with Gasteiger partial charge in [-0.3, -0.25) is 9.69 Å². The molecule has 0 radical (unpaired) electrons. The second-order valence-electron chi connectivity index (χ2n) is 5.98. The van der Waals surface area contributed by atoms with Crippen molar-refractivity contribution in [2.24, 2.45) is 0 Å². The van der Waals surface area contributed by atoms with Gasteiger partial charge in [-0.25, -0.2) is 4.68 Å². The molecule has 0 aliphatic carbocycles. The molecule has 2 aliphatic heterocycles. The zero-order valence-corrected chi connectivity index (χ0v) is 12.7. The molecule has 2 aliphatic rings. The minimum atomic E-state index is -0.00542.